The second kappa shape index (κ2) is 6.30. The smallest absolute Gasteiger partial charge is 0.359 e. The number of nitrogens with one attached hydrogen (secondary N) is 2. The van der Waals surface area contributed by atoms with E-state index < -0.39 is 17.8 Å². The minimum Gasteiger partial charge on any atom is -0.359 e. The van der Waals surface area contributed by atoms with Crippen molar-refractivity contribution in [2.45, 2.75) is 39.0 Å². The number of pyridine rings is 1. The summed E-state index contributed by atoms with van der Waals surface area (Å²) in [5.41, 5.74) is -0.920. The first-order valence-electron chi connectivity index (χ1n) is 5.91. The second-order valence-corrected chi connectivity index (χ2v) is 4.98. The summed E-state index contributed by atoms with van der Waals surface area (Å²) in [6, 6.07) is 0.741. The van der Waals surface area contributed by atoms with Crippen LogP contribution in [0.4, 0.5) is 19.0 Å². The van der Waals surface area contributed by atoms with Gasteiger partial charge in [-0.15, -0.1) is 0 Å². The van der Waals surface area contributed by atoms with Gasteiger partial charge in [0.15, 0.2) is 0 Å². The van der Waals surface area contributed by atoms with E-state index in [4.69, 9.17) is 11.6 Å². The molecule has 0 aliphatic rings. The van der Waals surface area contributed by atoms with E-state index in [0.29, 0.717) is 0 Å². The number of hydrogen-bond acceptors (Lipinski definition) is 3. The summed E-state index contributed by atoms with van der Waals surface area (Å²) in [5, 5.41) is 4.94. The molecule has 0 bridgehead atoms. The van der Waals surface area contributed by atoms with E-state index in [1.54, 1.807) is 13.8 Å². The van der Waals surface area contributed by atoms with E-state index in [1.807, 2.05) is 0 Å². The Morgan fingerprint density at radius 2 is 1.90 bits per heavy atom. The third-order valence-electron chi connectivity index (χ3n) is 2.31. The first kappa shape index (κ1) is 16.6. The third-order valence-corrected chi connectivity index (χ3v) is 2.50. The first-order chi connectivity index (χ1) is 9.09. The van der Waals surface area contributed by atoms with Gasteiger partial charge >= 0.3 is 6.18 Å². The second-order valence-electron chi connectivity index (χ2n) is 4.59. The Morgan fingerprint density at radius 1 is 1.30 bits per heavy atom. The minimum atomic E-state index is -4.52. The summed E-state index contributed by atoms with van der Waals surface area (Å²) in [7, 11) is 0. The lowest BCUT2D eigenvalue weighted by molar-refractivity contribution is -0.137. The van der Waals surface area contributed by atoms with Crippen LogP contribution in [0, 0.1) is 0 Å². The molecule has 0 radical (unpaired) electrons. The molecule has 1 aromatic rings. The van der Waals surface area contributed by atoms with Gasteiger partial charge in [-0.05, 0) is 32.9 Å². The van der Waals surface area contributed by atoms with Crippen molar-refractivity contribution < 1.29 is 18.0 Å². The number of alkyl halides is 3. The summed E-state index contributed by atoms with van der Waals surface area (Å²) in [6.45, 7) is 5.08. The molecule has 0 saturated carbocycles. The van der Waals surface area contributed by atoms with Crippen LogP contribution in [-0.4, -0.2) is 23.0 Å². The molecule has 2 N–H and O–H groups in total. The lowest BCUT2D eigenvalue weighted by atomic mass is 10.2. The first-order valence-corrected chi connectivity index (χ1v) is 6.29. The van der Waals surface area contributed by atoms with Crippen molar-refractivity contribution in [1.29, 1.82) is 0 Å². The summed E-state index contributed by atoms with van der Waals surface area (Å²) in [5.74, 6) is -0.438. The number of carbonyl (C=O) groups excluding carboxylic acids is 1. The zero-order chi connectivity index (χ0) is 15.5. The van der Waals surface area contributed by atoms with Crippen LogP contribution in [0.15, 0.2) is 12.1 Å². The molecule has 1 amide bonds. The van der Waals surface area contributed by atoms with Crippen molar-refractivity contribution in [2.24, 2.45) is 0 Å². The number of rotatable bonds is 4. The number of nitrogens with zero attached hydrogens (tertiary/aromatic N) is 1. The fourth-order valence-electron chi connectivity index (χ4n) is 1.43. The van der Waals surface area contributed by atoms with Gasteiger partial charge in [-0.1, -0.05) is 11.6 Å². The normalized spacial score (nSPS) is 13.2. The van der Waals surface area contributed by atoms with E-state index in [9.17, 15) is 18.0 Å². The van der Waals surface area contributed by atoms with Crippen LogP contribution in [0.1, 0.15) is 26.3 Å². The van der Waals surface area contributed by atoms with Gasteiger partial charge in [0.1, 0.15) is 17.0 Å². The molecule has 0 aromatic carbocycles. The van der Waals surface area contributed by atoms with Gasteiger partial charge < -0.3 is 10.6 Å². The van der Waals surface area contributed by atoms with Crippen LogP contribution in [0.2, 0.25) is 5.15 Å². The molecule has 0 spiro atoms. The van der Waals surface area contributed by atoms with Gasteiger partial charge in [0.2, 0.25) is 5.91 Å². The number of halogens is 4. The Hall–Kier alpha value is -1.50. The fourth-order valence-corrected chi connectivity index (χ4v) is 1.64. The molecule has 4 nitrogen and oxygen atoms in total. The van der Waals surface area contributed by atoms with Crippen molar-refractivity contribution in [2.75, 3.05) is 5.32 Å². The van der Waals surface area contributed by atoms with E-state index in [2.05, 4.69) is 15.6 Å². The largest absolute Gasteiger partial charge is 0.416 e. The van der Waals surface area contributed by atoms with E-state index >= 15 is 0 Å². The van der Waals surface area contributed by atoms with Gasteiger partial charge in [0, 0.05) is 6.04 Å². The van der Waals surface area contributed by atoms with Crippen LogP contribution in [0.5, 0.6) is 0 Å². The van der Waals surface area contributed by atoms with Crippen LogP contribution in [-0.2, 0) is 11.0 Å². The maximum atomic E-state index is 12.6. The zero-order valence-corrected chi connectivity index (χ0v) is 11.9. The summed E-state index contributed by atoms with van der Waals surface area (Å²) in [4.78, 5) is 15.4. The van der Waals surface area contributed by atoms with Gasteiger partial charge in [0.05, 0.1) is 5.56 Å². The van der Waals surface area contributed by atoms with Gasteiger partial charge in [-0.25, -0.2) is 4.98 Å². The molecule has 1 heterocycles. The Balaban J connectivity index is 2.87. The molecule has 1 aromatic heterocycles. The molecule has 8 heteroatoms. The van der Waals surface area contributed by atoms with Crippen LogP contribution in [0.3, 0.4) is 0 Å². The monoisotopic (exact) mass is 309 g/mol. The van der Waals surface area contributed by atoms with Crippen LogP contribution < -0.4 is 10.6 Å². The highest BCUT2D eigenvalue weighted by molar-refractivity contribution is 6.29. The van der Waals surface area contributed by atoms with E-state index in [0.717, 1.165) is 12.1 Å². The SMILES string of the molecule is CC(C)NC(=O)C(C)Nc1cc(C(F)(F)F)cc(Cl)n1. The van der Waals surface area contributed by atoms with E-state index in [1.165, 1.54) is 6.92 Å². The molecule has 0 saturated heterocycles. The van der Waals surface area contributed by atoms with Crippen molar-refractivity contribution in [3.05, 3.63) is 22.8 Å². The average molecular weight is 310 g/mol. The van der Waals surface area contributed by atoms with Crippen molar-refractivity contribution in [1.82, 2.24) is 10.3 Å². The minimum absolute atomic E-state index is 0.0650. The molecule has 0 aliphatic carbocycles. The highest BCUT2D eigenvalue weighted by Gasteiger charge is 2.31. The molecular formula is C12H15ClF3N3O. The van der Waals surface area contributed by atoms with Crippen molar-refractivity contribution in [3.63, 3.8) is 0 Å². The van der Waals surface area contributed by atoms with Crippen LogP contribution in [0.25, 0.3) is 0 Å². The van der Waals surface area contributed by atoms with Crippen LogP contribution >= 0.6 is 11.6 Å². The maximum Gasteiger partial charge on any atom is 0.416 e. The average Bonchev–Trinajstić information content (AvgIpc) is 2.25. The number of anilines is 1. The summed E-state index contributed by atoms with van der Waals surface area (Å²) >= 11 is 5.55. The number of carbonyl (C=O) groups is 1. The lowest BCUT2D eigenvalue weighted by Gasteiger charge is -2.17. The summed E-state index contributed by atoms with van der Waals surface area (Å²) in [6.07, 6.45) is -4.52. The fraction of sp³-hybridized carbons (Fsp3) is 0.500. The highest BCUT2D eigenvalue weighted by Crippen LogP contribution is 2.32. The van der Waals surface area contributed by atoms with E-state index in [-0.39, 0.29) is 22.9 Å². The molecule has 20 heavy (non-hydrogen) atoms. The molecule has 1 atom stereocenters. The Bertz CT molecular complexity index is 491. The molecule has 0 fully saturated rings. The molecular weight excluding hydrogens is 295 g/mol. The topological polar surface area (TPSA) is 54.0 Å². The summed E-state index contributed by atoms with van der Waals surface area (Å²) < 4.78 is 37.9. The third kappa shape index (κ3) is 4.88. The lowest BCUT2D eigenvalue weighted by Crippen LogP contribution is -2.41. The van der Waals surface area contributed by atoms with Gasteiger partial charge in [0.25, 0.3) is 0 Å². The molecule has 112 valence electrons. The van der Waals surface area contributed by atoms with Crippen molar-refractivity contribution >= 4 is 23.3 Å². The van der Waals surface area contributed by atoms with Crippen molar-refractivity contribution in [3.8, 4) is 0 Å². The Morgan fingerprint density at radius 3 is 2.40 bits per heavy atom. The number of amides is 1. The Kier molecular flexibility index (Phi) is 5.21. The number of aromatic nitrogens is 1. The predicted octanol–water partition coefficient (Wildman–Crippen LogP) is 3.08. The highest BCUT2D eigenvalue weighted by atomic mass is 35.5. The quantitative estimate of drug-likeness (QED) is 0.840. The zero-order valence-electron chi connectivity index (χ0n) is 11.2. The van der Waals surface area contributed by atoms with Gasteiger partial charge in [-0.2, -0.15) is 13.2 Å². The maximum absolute atomic E-state index is 12.6. The number of hydrogen-bond donors (Lipinski definition) is 2. The molecule has 1 rings (SSSR count). The molecule has 0 aliphatic heterocycles. The molecule has 1 unspecified atom stereocenters. The Labute approximate surface area is 119 Å². The van der Waals surface area contributed by atoms with Gasteiger partial charge in [-0.3, -0.25) is 4.79 Å². The predicted molar refractivity (Wildman–Crippen MR) is 70.6 cm³/mol. The standard InChI is InChI=1S/C12H15ClF3N3O/c1-6(2)17-11(20)7(3)18-10-5-8(12(14,15)16)4-9(13)19-10/h4-7H,1-3H3,(H,17,20)(H,18,19).